The van der Waals surface area contributed by atoms with Crippen LogP contribution in [0.5, 0.6) is 0 Å². The van der Waals surface area contributed by atoms with Crippen molar-refractivity contribution in [2.45, 2.75) is 206 Å². The van der Waals surface area contributed by atoms with Gasteiger partial charge < -0.3 is 21.1 Å². The Morgan fingerprint density at radius 1 is 0.673 bits per heavy atom. The Balaban J connectivity index is 4.08. The number of hydrogen-bond donors (Lipinski definition) is 4. The lowest BCUT2D eigenvalue weighted by Gasteiger charge is -2.25. The monoisotopic (exact) mass is 715 g/mol. The molecule has 1 amide bonds. The summed E-state index contributed by atoms with van der Waals surface area (Å²) >= 11 is 0. The second-order valence-electron chi connectivity index (χ2n) is 13.8. The molecule has 9 heteroatoms. The van der Waals surface area contributed by atoms with Gasteiger partial charge in [-0.3, -0.25) is 13.8 Å². The van der Waals surface area contributed by atoms with Crippen LogP contribution in [-0.2, 0) is 18.4 Å². The molecule has 8 nitrogen and oxygen atoms in total. The second-order valence-corrected chi connectivity index (χ2v) is 15.3. The van der Waals surface area contributed by atoms with Crippen LogP contribution in [-0.4, -0.2) is 47.8 Å². The number of nitrogens with one attached hydrogen (secondary N) is 1. The van der Waals surface area contributed by atoms with Crippen LogP contribution >= 0.6 is 7.82 Å². The number of allylic oxidation sites excluding steroid dienone is 4. The van der Waals surface area contributed by atoms with E-state index >= 15 is 0 Å². The van der Waals surface area contributed by atoms with E-state index in [0.717, 1.165) is 44.9 Å². The Labute approximate surface area is 302 Å². The van der Waals surface area contributed by atoms with E-state index in [0.29, 0.717) is 12.8 Å². The summed E-state index contributed by atoms with van der Waals surface area (Å²) in [5, 5.41) is 13.7. The number of unbranched alkanes of at least 4 members (excludes halogenated alkanes) is 22. The second kappa shape index (κ2) is 36.8. The van der Waals surface area contributed by atoms with E-state index in [1.165, 1.54) is 122 Å². The molecule has 0 aliphatic heterocycles. The zero-order valence-electron chi connectivity index (χ0n) is 31.9. The third-order valence-electron chi connectivity index (χ3n) is 9.06. The minimum absolute atomic E-state index is 0.0882. The minimum Gasteiger partial charge on any atom is -0.391 e. The van der Waals surface area contributed by atoms with Gasteiger partial charge in [0.2, 0.25) is 5.91 Å². The molecule has 3 atom stereocenters. The molecule has 3 unspecified atom stereocenters. The lowest BCUT2D eigenvalue weighted by atomic mass is 10.0. The average molecular weight is 715 g/mol. The van der Waals surface area contributed by atoms with Crippen LogP contribution in [0.4, 0.5) is 0 Å². The van der Waals surface area contributed by atoms with Crippen LogP contribution in [0, 0.1) is 0 Å². The summed E-state index contributed by atoms with van der Waals surface area (Å²) in [5.74, 6) is -0.168. The van der Waals surface area contributed by atoms with Gasteiger partial charge in [0.15, 0.2) is 0 Å². The molecule has 0 aliphatic rings. The number of aliphatic hydroxyl groups excluding tert-OH is 1. The van der Waals surface area contributed by atoms with Crippen LogP contribution in [0.3, 0.4) is 0 Å². The van der Waals surface area contributed by atoms with Gasteiger partial charge in [-0.25, -0.2) is 4.57 Å². The molecular weight excluding hydrogens is 635 g/mol. The Bertz CT molecular complexity index is 825. The van der Waals surface area contributed by atoms with Crippen LogP contribution in [0.1, 0.15) is 194 Å². The van der Waals surface area contributed by atoms with Crippen molar-refractivity contribution >= 4 is 13.7 Å². The highest BCUT2D eigenvalue weighted by Crippen LogP contribution is 2.43. The summed E-state index contributed by atoms with van der Waals surface area (Å²) in [7, 11) is -4.31. The van der Waals surface area contributed by atoms with Crippen molar-refractivity contribution in [1.29, 1.82) is 0 Å². The number of phosphoric acid groups is 1. The molecule has 0 heterocycles. The highest BCUT2D eigenvalue weighted by atomic mass is 31.2. The van der Waals surface area contributed by atoms with E-state index in [-0.39, 0.29) is 25.7 Å². The maximum Gasteiger partial charge on any atom is 0.472 e. The predicted octanol–water partition coefficient (Wildman–Crippen LogP) is 11.0. The molecule has 0 radical (unpaired) electrons. The van der Waals surface area contributed by atoms with E-state index in [1.54, 1.807) is 0 Å². The fraction of sp³-hybridized carbons (Fsp3) is 0.875. The Morgan fingerprint density at radius 3 is 1.61 bits per heavy atom. The van der Waals surface area contributed by atoms with Crippen molar-refractivity contribution in [2.24, 2.45) is 5.73 Å². The van der Waals surface area contributed by atoms with Crippen LogP contribution in [0.15, 0.2) is 24.3 Å². The Morgan fingerprint density at radius 2 is 1.12 bits per heavy atom. The summed E-state index contributed by atoms with van der Waals surface area (Å²) < 4.78 is 22.1. The summed E-state index contributed by atoms with van der Waals surface area (Å²) in [6, 6.07) is -0.772. The lowest BCUT2D eigenvalue weighted by molar-refractivity contribution is -0.123. The number of amides is 1. The van der Waals surface area contributed by atoms with Crippen molar-refractivity contribution in [3.63, 3.8) is 0 Å². The SMILES string of the molecule is CCCCCCC/C=C\C/C=C\CCCCCCCCCCCC(=O)NC(COP(=O)(O)OCCN)C(O)CCCCCCCCCCC. The number of phosphoric ester groups is 1. The molecule has 5 N–H and O–H groups in total. The topological polar surface area (TPSA) is 131 Å². The van der Waals surface area contributed by atoms with Crippen molar-refractivity contribution in [3.8, 4) is 0 Å². The minimum atomic E-state index is -4.31. The normalized spacial score (nSPS) is 14.5. The first-order valence-corrected chi connectivity index (χ1v) is 21.9. The first kappa shape index (κ1) is 48.0. The van der Waals surface area contributed by atoms with Crippen LogP contribution < -0.4 is 11.1 Å². The van der Waals surface area contributed by atoms with Crippen molar-refractivity contribution in [3.05, 3.63) is 24.3 Å². The quantitative estimate of drug-likeness (QED) is 0.0284. The van der Waals surface area contributed by atoms with E-state index < -0.39 is 20.0 Å². The number of aliphatic hydroxyl groups is 1. The van der Waals surface area contributed by atoms with E-state index in [1.807, 2.05) is 0 Å². The summed E-state index contributed by atoms with van der Waals surface area (Å²) in [6.07, 6.45) is 40.5. The van der Waals surface area contributed by atoms with Gasteiger partial charge in [-0.05, 0) is 44.9 Å². The molecule has 0 saturated carbocycles. The lowest BCUT2D eigenvalue weighted by Crippen LogP contribution is -2.46. The maximum atomic E-state index is 12.7. The molecule has 0 rings (SSSR count). The third-order valence-corrected chi connectivity index (χ3v) is 10.0. The van der Waals surface area contributed by atoms with Gasteiger partial charge in [-0.2, -0.15) is 0 Å². The fourth-order valence-corrected chi connectivity index (χ4v) is 6.69. The Hall–Kier alpha value is -1.02. The molecule has 0 aromatic carbocycles. The largest absolute Gasteiger partial charge is 0.472 e. The van der Waals surface area contributed by atoms with Crippen LogP contribution in [0.2, 0.25) is 0 Å². The maximum absolute atomic E-state index is 12.7. The first-order valence-electron chi connectivity index (χ1n) is 20.5. The standard InChI is InChI=1S/C40H79N2O6P/c1-3-5-7-9-11-13-14-15-16-17-18-19-20-21-22-23-24-26-28-30-32-34-40(44)42-38(37-48-49(45,46)47-36-35-41)39(43)33-31-29-27-25-12-10-8-6-4-2/h14-15,17-18,38-39,43H,3-13,16,19-37,41H2,1-2H3,(H,42,44)(H,45,46)/b15-14-,18-17-. The average Bonchev–Trinajstić information content (AvgIpc) is 3.09. The highest BCUT2D eigenvalue weighted by molar-refractivity contribution is 7.47. The third kappa shape index (κ3) is 35.2. The number of carbonyl (C=O) groups excluding carboxylic acids is 1. The van der Waals surface area contributed by atoms with Gasteiger partial charge in [0.25, 0.3) is 0 Å². The molecule has 49 heavy (non-hydrogen) atoms. The van der Waals surface area contributed by atoms with Gasteiger partial charge in [-0.15, -0.1) is 0 Å². The zero-order chi connectivity index (χ0) is 36.1. The van der Waals surface area contributed by atoms with Gasteiger partial charge in [0.1, 0.15) is 0 Å². The summed E-state index contributed by atoms with van der Waals surface area (Å²) in [4.78, 5) is 22.6. The smallest absolute Gasteiger partial charge is 0.391 e. The number of carbonyl (C=O) groups is 1. The summed E-state index contributed by atoms with van der Waals surface area (Å²) in [6.45, 7) is 4.16. The molecule has 0 bridgehead atoms. The zero-order valence-corrected chi connectivity index (χ0v) is 32.8. The van der Waals surface area contributed by atoms with Gasteiger partial charge >= 0.3 is 7.82 Å². The van der Waals surface area contributed by atoms with Crippen LogP contribution in [0.25, 0.3) is 0 Å². The summed E-state index contributed by atoms with van der Waals surface area (Å²) in [5.41, 5.74) is 5.36. The number of rotatable bonds is 38. The molecule has 0 aromatic rings. The molecule has 0 aromatic heterocycles. The highest BCUT2D eigenvalue weighted by Gasteiger charge is 2.27. The number of hydrogen-bond acceptors (Lipinski definition) is 6. The fourth-order valence-electron chi connectivity index (χ4n) is 5.93. The van der Waals surface area contributed by atoms with Gasteiger partial charge in [-0.1, -0.05) is 167 Å². The molecule has 0 aliphatic carbocycles. The molecule has 0 fully saturated rings. The van der Waals surface area contributed by atoms with Crippen molar-refractivity contribution in [1.82, 2.24) is 5.32 Å². The van der Waals surface area contributed by atoms with Gasteiger partial charge in [0.05, 0.1) is 25.4 Å². The molecular formula is C40H79N2O6P. The molecule has 290 valence electrons. The molecule has 0 saturated heterocycles. The Kier molecular flexibility index (Phi) is 36.0. The first-order chi connectivity index (χ1) is 23.9. The van der Waals surface area contributed by atoms with E-state index in [9.17, 15) is 19.4 Å². The van der Waals surface area contributed by atoms with Crippen molar-refractivity contribution < 1.29 is 28.4 Å². The van der Waals surface area contributed by atoms with E-state index in [2.05, 4.69) is 43.5 Å². The van der Waals surface area contributed by atoms with Gasteiger partial charge in [0, 0.05) is 13.0 Å². The van der Waals surface area contributed by atoms with Crippen molar-refractivity contribution in [2.75, 3.05) is 19.8 Å². The predicted molar refractivity (Wildman–Crippen MR) is 208 cm³/mol. The van der Waals surface area contributed by atoms with E-state index in [4.69, 9.17) is 14.8 Å². The number of nitrogens with two attached hydrogens (primary N) is 1. The molecule has 0 spiro atoms.